The van der Waals surface area contributed by atoms with Crippen LogP contribution in [0, 0.1) is 11.3 Å². The summed E-state index contributed by atoms with van der Waals surface area (Å²) in [4.78, 5) is 6.54. The van der Waals surface area contributed by atoms with Crippen molar-refractivity contribution in [2.75, 3.05) is 24.5 Å². The van der Waals surface area contributed by atoms with Gasteiger partial charge in [-0.3, -0.25) is 4.98 Å². The zero-order chi connectivity index (χ0) is 27.7. The number of unbranched alkanes of at least 4 members (excludes halogenated alkanes) is 2. The van der Waals surface area contributed by atoms with Crippen molar-refractivity contribution >= 4 is 15.9 Å². The van der Waals surface area contributed by atoms with E-state index in [1.807, 2.05) is 54.7 Å². The average Bonchev–Trinajstić information content (AvgIpc) is 3.10. The summed E-state index contributed by atoms with van der Waals surface area (Å²) in [7, 11) is -3.78. The minimum absolute atomic E-state index is 0.225. The Morgan fingerprint density at radius 1 is 1.00 bits per heavy atom. The van der Waals surface area contributed by atoms with Crippen LogP contribution in [-0.2, 0) is 29.7 Å². The monoisotopic (exact) mass is 545 g/mol. The van der Waals surface area contributed by atoms with Crippen LogP contribution in [0.4, 0.5) is 5.69 Å². The molecule has 0 aliphatic carbocycles. The molecule has 2 heterocycles. The molecule has 0 radical (unpaired) electrons. The van der Waals surface area contributed by atoms with E-state index in [4.69, 9.17) is 0 Å². The summed E-state index contributed by atoms with van der Waals surface area (Å²) in [6, 6.07) is 21.7. The zero-order valence-electron chi connectivity index (χ0n) is 23.0. The summed E-state index contributed by atoms with van der Waals surface area (Å²) >= 11 is 0. The maximum absolute atomic E-state index is 14.4. The third-order valence-corrected chi connectivity index (χ3v) is 9.31. The quantitative estimate of drug-likeness (QED) is 0.299. The molecule has 0 N–H and O–H groups in total. The van der Waals surface area contributed by atoms with Gasteiger partial charge in [0.25, 0.3) is 10.2 Å². The van der Waals surface area contributed by atoms with E-state index in [0.29, 0.717) is 38.2 Å². The zero-order valence-corrected chi connectivity index (χ0v) is 23.9. The van der Waals surface area contributed by atoms with E-state index in [-0.39, 0.29) is 12.6 Å². The van der Waals surface area contributed by atoms with Crippen molar-refractivity contribution in [1.82, 2.24) is 13.6 Å². The van der Waals surface area contributed by atoms with Crippen LogP contribution in [0.5, 0.6) is 0 Å². The van der Waals surface area contributed by atoms with Gasteiger partial charge in [0.15, 0.2) is 0 Å². The van der Waals surface area contributed by atoms with Gasteiger partial charge in [-0.15, -0.1) is 0 Å². The molecule has 0 fully saturated rings. The van der Waals surface area contributed by atoms with Gasteiger partial charge in [-0.25, -0.2) is 0 Å². The van der Waals surface area contributed by atoms with Gasteiger partial charge in [-0.2, -0.15) is 22.3 Å². The molecule has 206 valence electrons. The second-order valence-electron chi connectivity index (χ2n) is 10.2. The second-order valence-corrected chi connectivity index (χ2v) is 12.1. The minimum atomic E-state index is -3.78. The molecule has 0 bridgehead atoms. The number of benzene rings is 2. The van der Waals surface area contributed by atoms with E-state index in [1.165, 1.54) is 0 Å². The SMILES string of the molecule is CCCCN(CCCC)S(=O)(=O)N1Cc2cc(C#N)ccc2N(Cc2cccnc2)C[C@H]1Cc1ccccc1. The van der Waals surface area contributed by atoms with E-state index < -0.39 is 10.2 Å². The van der Waals surface area contributed by atoms with Gasteiger partial charge in [-0.1, -0.05) is 63.1 Å². The first-order valence-electron chi connectivity index (χ1n) is 13.9. The van der Waals surface area contributed by atoms with Crippen LogP contribution in [0.25, 0.3) is 0 Å². The molecular formula is C31H39N5O2S. The van der Waals surface area contributed by atoms with E-state index in [1.54, 1.807) is 14.8 Å². The number of aromatic nitrogens is 1. The molecule has 1 atom stereocenters. The van der Waals surface area contributed by atoms with E-state index in [0.717, 1.165) is 48.1 Å². The lowest BCUT2D eigenvalue weighted by atomic mass is 10.1. The van der Waals surface area contributed by atoms with Crippen molar-refractivity contribution in [1.29, 1.82) is 5.26 Å². The molecule has 3 aromatic rings. The molecule has 1 aliphatic heterocycles. The molecule has 7 nitrogen and oxygen atoms in total. The van der Waals surface area contributed by atoms with E-state index in [9.17, 15) is 13.7 Å². The Labute approximate surface area is 233 Å². The third-order valence-electron chi connectivity index (χ3n) is 7.27. The predicted molar refractivity (Wildman–Crippen MR) is 156 cm³/mol. The maximum Gasteiger partial charge on any atom is 0.282 e. The van der Waals surface area contributed by atoms with Crippen LogP contribution in [0.2, 0.25) is 0 Å². The lowest BCUT2D eigenvalue weighted by Gasteiger charge is -2.35. The Morgan fingerprint density at radius 3 is 2.36 bits per heavy atom. The number of anilines is 1. The Morgan fingerprint density at radius 2 is 1.72 bits per heavy atom. The number of rotatable bonds is 12. The summed E-state index contributed by atoms with van der Waals surface area (Å²) in [5.41, 5.74) is 4.49. The Hall–Kier alpha value is -3.25. The van der Waals surface area contributed by atoms with Gasteiger partial charge in [-0.05, 0) is 60.2 Å². The Bertz CT molecular complexity index is 1330. The standard InChI is InChI=1S/C31H39N5O2S/c1-3-5-17-35(18-6-4-2)39(37,38)36-24-29-19-27(21-32)14-15-31(29)34(23-28-13-10-16-33-22-28)25-30(36)20-26-11-8-7-9-12-26/h7-16,19,22,30H,3-6,17-18,20,23-25H2,1-2H3/t30-/m1/s1. The summed E-state index contributed by atoms with van der Waals surface area (Å²) in [5, 5.41) is 9.65. The molecule has 1 aliphatic rings. The summed E-state index contributed by atoms with van der Waals surface area (Å²) in [5.74, 6) is 0. The molecule has 0 saturated carbocycles. The normalized spacial score (nSPS) is 16.1. The molecule has 0 unspecified atom stereocenters. The first-order valence-corrected chi connectivity index (χ1v) is 15.3. The molecule has 1 aromatic heterocycles. The second kappa shape index (κ2) is 13.7. The van der Waals surface area contributed by atoms with Crippen LogP contribution in [-0.4, -0.2) is 47.7 Å². The van der Waals surface area contributed by atoms with Crippen LogP contribution in [0.1, 0.15) is 61.8 Å². The average molecular weight is 546 g/mol. The van der Waals surface area contributed by atoms with Crippen molar-refractivity contribution in [2.45, 2.75) is 65.1 Å². The third kappa shape index (κ3) is 7.24. The highest BCUT2D eigenvalue weighted by atomic mass is 32.2. The molecule has 0 saturated heterocycles. The smallest absolute Gasteiger partial charge is 0.282 e. The fourth-order valence-corrected chi connectivity index (χ4v) is 7.01. The fraction of sp³-hybridized carbons (Fsp3) is 0.419. The van der Waals surface area contributed by atoms with Gasteiger partial charge in [0.2, 0.25) is 0 Å². The lowest BCUT2D eigenvalue weighted by molar-refractivity contribution is 0.276. The van der Waals surface area contributed by atoms with Crippen molar-refractivity contribution in [3.8, 4) is 6.07 Å². The highest BCUT2D eigenvalue weighted by molar-refractivity contribution is 7.86. The molecule has 0 spiro atoms. The van der Waals surface area contributed by atoms with Gasteiger partial charge in [0, 0.05) is 56.8 Å². The van der Waals surface area contributed by atoms with Gasteiger partial charge >= 0.3 is 0 Å². The van der Waals surface area contributed by atoms with Crippen LogP contribution >= 0.6 is 0 Å². The Kier molecular flexibility index (Phi) is 10.1. The van der Waals surface area contributed by atoms with E-state index >= 15 is 0 Å². The fourth-order valence-electron chi connectivity index (χ4n) is 5.18. The van der Waals surface area contributed by atoms with Crippen molar-refractivity contribution in [2.24, 2.45) is 0 Å². The number of hydrogen-bond acceptors (Lipinski definition) is 5. The van der Waals surface area contributed by atoms with Crippen LogP contribution in [0.15, 0.2) is 73.1 Å². The number of hydrogen-bond donors (Lipinski definition) is 0. The highest BCUT2D eigenvalue weighted by Crippen LogP contribution is 2.33. The number of fused-ring (bicyclic) bond motifs is 1. The van der Waals surface area contributed by atoms with Gasteiger partial charge < -0.3 is 4.90 Å². The molecular weight excluding hydrogens is 506 g/mol. The molecule has 4 rings (SSSR count). The first-order chi connectivity index (χ1) is 19.0. The number of nitriles is 1. The summed E-state index contributed by atoms with van der Waals surface area (Å²) in [6.45, 7) is 6.55. The summed E-state index contributed by atoms with van der Waals surface area (Å²) < 4.78 is 32.3. The lowest BCUT2D eigenvalue weighted by Crippen LogP contribution is -2.51. The largest absolute Gasteiger partial charge is 0.365 e. The molecule has 0 amide bonds. The van der Waals surface area contributed by atoms with Gasteiger partial charge in [0.1, 0.15) is 0 Å². The highest BCUT2D eigenvalue weighted by Gasteiger charge is 2.38. The first kappa shape index (κ1) is 28.8. The van der Waals surface area contributed by atoms with Crippen molar-refractivity contribution in [3.05, 3.63) is 95.3 Å². The molecule has 8 heteroatoms. The van der Waals surface area contributed by atoms with Crippen LogP contribution in [0.3, 0.4) is 0 Å². The van der Waals surface area contributed by atoms with Gasteiger partial charge in [0.05, 0.1) is 11.6 Å². The van der Waals surface area contributed by atoms with Crippen molar-refractivity contribution < 1.29 is 8.42 Å². The Balaban J connectivity index is 1.80. The minimum Gasteiger partial charge on any atom is -0.365 e. The number of pyridine rings is 1. The summed E-state index contributed by atoms with van der Waals surface area (Å²) in [6.07, 6.45) is 7.71. The van der Waals surface area contributed by atoms with Crippen LogP contribution < -0.4 is 4.90 Å². The molecule has 39 heavy (non-hydrogen) atoms. The predicted octanol–water partition coefficient (Wildman–Crippen LogP) is 5.53. The van der Waals surface area contributed by atoms with Crippen molar-refractivity contribution in [3.63, 3.8) is 0 Å². The maximum atomic E-state index is 14.4. The van der Waals surface area contributed by atoms with E-state index in [2.05, 4.69) is 41.9 Å². The molecule has 2 aromatic carbocycles. The topological polar surface area (TPSA) is 80.5 Å². The number of nitrogens with zero attached hydrogens (tertiary/aromatic N) is 5.